The molecule has 3 aliphatic rings. The normalized spacial score (nSPS) is 22.2. The number of hydrogen-bond donors (Lipinski definition) is 2. The van der Waals surface area contributed by atoms with Crippen LogP contribution in [0.2, 0.25) is 0 Å². The molecule has 0 unspecified atom stereocenters. The number of likely N-dealkylation sites (tertiary alicyclic amines) is 1. The first-order valence-electron chi connectivity index (χ1n) is 16.2. The van der Waals surface area contributed by atoms with E-state index >= 15 is 0 Å². The summed E-state index contributed by atoms with van der Waals surface area (Å²) in [5.41, 5.74) is 4.58. The van der Waals surface area contributed by atoms with Gasteiger partial charge in [0.25, 0.3) is 5.91 Å². The molecule has 1 saturated carbocycles. The molecule has 8 nitrogen and oxygen atoms in total. The molecule has 0 radical (unpaired) electrons. The Hall–Kier alpha value is -3.54. The molecule has 0 atom stereocenters. The molecule has 2 aromatic rings. The molecule has 1 saturated heterocycles. The largest absolute Gasteiger partial charge is 0.390 e. The first kappa shape index (κ1) is 31.9. The molecule has 2 fully saturated rings. The van der Waals surface area contributed by atoms with Gasteiger partial charge in [0.15, 0.2) is 0 Å². The lowest BCUT2D eigenvalue weighted by Crippen LogP contribution is -2.44. The number of aliphatic hydroxyl groups is 1. The molecule has 2 aliphatic heterocycles. The summed E-state index contributed by atoms with van der Waals surface area (Å²) in [5, 5.41) is 23.0. The fourth-order valence-corrected chi connectivity index (χ4v) is 7.18. The number of amidine groups is 1. The van der Waals surface area contributed by atoms with Gasteiger partial charge in [0.1, 0.15) is 5.84 Å². The number of carbonyl (C=O) groups is 2. The van der Waals surface area contributed by atoms with Gasteiger partial charge in [-0.25, -0.2) is 0 Å². The summed E-state index contributed by atoms with van der Waals surface area (Å²) in [6, 6.07) is 14.2. The zero-order chi connectivity index (χ0) is 31.6. The molecule has 5 rings (SSSR count). The highest BCUT2D eigenvalue weighted by Gasteiger charge is 2.37. The number of nitriles is 1. The highest BCUT2D eigenvalue weighted by molar-refractivity contribution is 6.13. The number of amides is 2. The molecule has 44 heavy (non-hydrogen) atoms. The van der Waals surface area contributed by atoms with Crippen molar-refractivity contribution in [1.82, 2.24) is 10.2 Å². The van der Waals surface area contributed by atoms with E-state index in [2.05, 4.69) is 44.4 Å². The number of rotatable bonds is 7. The number of anilines is 1. The van der Waals surface area contributed by atoms with Gasteiger partial charge in [-0.05, 0) is 133 Å². The Bertz CT molecular complexity index is 1450. The lowest BCUT2D eigenvalue weighted by atomic mass is 9.83. The summed E-state index contributed by atoms with van der Waals surface area (Å²) >= 11 is 0. The maximum atomic E-state index is 13.5. The average molecular weight is 598 g/mol. The predicted molar refractivity (Wildman–Crippen MR) is 174 cm³/mol. The van der Waals surface area contributed by atoms with E-state index in [-0.39, 0.29) is 29.8 Å². The van der Waals surface area contributed by atoms with Crippen LogP contribution in [0.1, 0.15) is 98.8 Å². The molecule has 2 N–H and O–H groups in total. The van der Waals surface area contributed by atoms with Crippen molar-refractivity contribution in [2.75, 3.05) is 18.0 Å². The van der Waals surface area contributed by atoms with E-state index in [4.69, 9.17) is 0 Å². The van der Waals surface area contributed by atoms with Crippen LogP contribution in [0.3, 0.4) is 0 Å². The van der Waals surface area contributed by atoms with Gasteiger partial charge in [0.05, 0.1) is 17.2 Å². The number of benzene rings is 2. The van der Waals surface area contributed by atoms with Crippen molar-refractivity contribution < 1.29 is 14.7 Å². The number of piperidine rings is 1. The zero-order valence-corrected chi connectivity index (χ0v) is 26.9. The maximum Gasteiger partial charge on any atom is 0.278 e. The van der Waals surface area contributed by atoms with E-state index in [1.807, 2.05) is 34.6 Å². The third-order valence-electron chi connectivity index (χ3n) is 9.58. The smallest absolute Gasteiger partial charge is 0.278 e. The Morgan fingerprint density at radius 1 is 1.07 bits per heavy atom. The summed E-state index contributed by atoms with van der Waals surface area (Å²) in [5.74, 6) is 0.863. The summed E-state index contributed by atoms with van der Waals surface area (Å²) < 4.78 is 0. The standard InChI is InChI=1S/C36H47N5O3/c1-23(2)38-34(42)27-8-10-31(11-9-27)41-32-19-25(22-40-14-12-30(13-15-40)36(4,5)44)6-7-28(32)20-33(41)39-35(43)29-17-24(3)16-26(18-29)21-37/h6-7,16-19,23,27,30-31,44H,8-15,20,22H2,1-5H3,(H,38,42). The van der Waals surface area contributed by atoms with Gasteiger partial charge in [-0.2, -0.15) is 10.3 Å². The van der Waals surface area contributed by atoms with E-state index in [9.17, 15) is 20.0 Å². The number of fused-ring (bicyclic) bond motifs is 1. The topological polar surface area (TPSA) is 109 Å². The van der Waals surface area contributed by atoms with Crippen LogP contribution in [0.5, 0.6) is 0 Å². The van der Waals surface area contributed by atoms with Crippen molar-refractivity contribution in [1.29, 1.82) is 5.26 Å². The second-order valence-electron chi connectivity index (χ2n) is 13.9. The fraction of sp³-hybridized carbons (Fsp3) is 0.556. The van der Waals surface area contributed by atoms with Crippen molar-refractivity contribution in [3.05, 3.63) is 64.2 Å². The Morgan fingerprint density at radius 3 is 2.41 bits per heavy atom. The van der Waals surface area contributed by atoms with E-state index < -0.39 is 5.60 Å². The molecule has 2 amide bonds. The molecule has 2 heterocycles. The van der Waals surface area contributed by atoms with E-state index in [1.54, 1.807) is 18.2 Å². The summed E-state index contributed by atoms with van der Waals surface area (Å²) in [6.45, 7) is 12.5. The van der Waals surface area contributed by atoms with E-state index in [0.29, 0.717) is 23.5 Å². The van der Waals surface area contributed by atoms with Gasteiger partial charge in [-0.3, -0.25) is 14.5 Å². The van der Waals surface area contributed by atoms with Crippen molar-refractivity contribution in [3.63, 3.8) is 0 Å². The Morgan fingerprint density at radius 2 is 1.77 bits per heavy atom. The summed E-state index contributed by atoms with van der Waals surface area (Å²) in [7, 11) is 0. The quantitative estimate of drug-likeness (QED) is 0.434. The van der Waals surface area contributed by atoms with E-state index in [0.717, 1.165) is 80.8 Å². The van der Waals surface area contributed by atoms with Gasteiger partial charge in [-0.1, -0.05) is 12.1 Å². The number of carbonyl (C=O) groups excluding carboxylic acids is 2. The van der Waals surface area contributed by atoms with Crippen LogP contribution in [0.4, 0.5) is 5.69 Å². The minimum absolute atomic E-state index is 0.00704. The molecular weight excluding hydrogens is 550 g/mol. The Labute approximate surface area is 262 Å². The van der Waals surface area contributed by atoms with Crippen LogP contribution in [0, 0.1) is 30.1 Å². The molecule has 0 spiro atoms. The van der Waals surface area contributed by atoms with Crippen LogP contribution in [-0.4, -0.2) is 58.4 Å². The van der Waals surface area contributed by atoms with Crippen molar-refractivity contribution in [2.45, 2.75) is 104 Å². The highest BCUT2D eigenvalue weighted by atomic mass is 16.3. The first-order chi connectivity index (χ1) is 20.9. The monoisotopic (exact) mass is 597 g/mol. The Balaban J connectivity index is 1.39. The van der Waals surface area contributed by atoms with Crippen molar-refractivity contribution >= 4 is 23.3 Å². The van der Waals surface area contributed by atoms with Crippen molar-refractivity contribution in [2.24, 2.45) is 16.8 Å². The molecular formula is C36H47N5O3. The lowest BCUT2D eigenvalue weighted by Gasteiger charge is -2.38. The number of aliphatic imine (C=N–C) groups is 1. The van der Waals surface area contributed by atoms with Gasteiger partial charge in [-0.15, -0.1) is 0 Å². The molecule has 0 bridgehead atoms. The SMILES string of the molecule is Cc1cc(C#N)cc(C(=O)N=C2Cc3ccc(CN4CCC(C(C)(C)O)CC4)cc3N2C2CCC(C(=O)NC(C)C)CC2)c1. The third kappa shape index (κ3) is 7.39. The van der Waals surface area contributed by atoms with Gasteiger partial charge < -0.3 is 15.3 Å². The summed E-state index contributed by atoms with van der Waals surface area (Å²) in [4.78, 5) is 35.6. The number of nitrogens with zero attached hydrogens (tertiary/aromatic N) is 4. The van der Waals surface area contributed by atoms with Crippen LogP contribution in [-0.2, 0) is 17.8 Å². The molecule has 1 aliphatic carbocycles. The molecule has 2 aromatic carbocycles. The molecule has 234 valence electrons. The fourth-order valence-electron chi connectivity index (χ4n) is 7.18. The Kier molecular flexibility index (Phi) is 9.57. The van der Waals surface area contributed by atoms with Gasteiger partial charge in [0, 0.05) is 42.2 Å². The van der Waals surface area contributed by atoms with Crippen LogP contribution in [0.15, 0.2) is 41.4 Å². The minimum Gasteiger partial charge on any atom is -0.390 e. The van der Waals surface area contributed by atoms with Crippen LogP contribution >= 0.6 is 0 Å². The number of aryl methyl sites for hydroxylation is 1. The third-order valence-corrected chi connectivity index (χ3v) is 9.58. The summed E-state index contributed by atoms with van der Waals surface area (Å²) in [6.07, 6.45) is 5.84. The predicted octanol–water partition coefficient (Wildman–Crippen LogP) is 5.53. The first-order valence-corrected chi connectivity index (χ1v) is 16.2. The average Bonchev–Trinajstić information content (AvgIpc) is 3.33. The molecule has 0 aromatic heterocycles. The second kappa shape index (κ2) is 13.2. The van der Waals surface area contributed by atoms with E-state index in [1.165, 1.54) is 5.56 Å². The maximum absolute atomic E-state index is 13.5. The minimum atomic E-state index is -0.642. The van der Waals surface area contributed by atoms with Crippen LogP contribution < -0.4 is 10.2 Å². The second-order valence-corrected chi connectivity index (χ2v) is 13.9. The van der Waals surface area contributed by atoms with Gasteiger partial charge in [0.2, 0.25) is 5.91 Å². The van der Waals surface area contributed by atoms with Crippen molar-refractivity contribution in [3.8, 4) is 6.07 Å². The lowest BCUT2D eigenvalue weighted by molar-refractivity contribution is -0.126. The zero-order valence-electron chi connectivity index (χ0n) is 26.9. The van der Waals surface area contributed by atoms with Gasteiger partial charge >= 0.3 is 0 Å². The highest BCUT2D eigenvalue weighted by Crippen LogP contribution is 2.38. The number of hydrogen-bond acceptors (Lipinski definition) is 5. The van der Waals surface area contributed by atoms with Crippen LogP contribution in [0.25, 0.3) is 0 Å². The molecule has 8 heteroatoms. The number of nitrogens with one attached hydrogen (secondary N) is 1.